The Balaban J connectivity index is 1.08. The van der Waals surface area contributed by atoms with Gasteiger partial charge >= 0.3 is 0 Å². The van der Waals surface area contributed by atoms with Crippen molar-refractivity contribution in [3.05, 3.63) is 138 Å². The van der Waals surface area contributed by atoms with Crippen molar-refractivity contribution >= 4 is 37.3 Å². The van der Waals surface area contributed by atoms with Crippen LogP contribution in [0.1, 0.15) is 54.5 Å². The SMILES string of the molecule is C[C@H]1[C@H]([Si](C)(C)F)[C@@H](CCn2cc(C(CO)c3ccccc3)nn2)O[C@]12C(=O)N(Cc1ccccc1)c1ccc(N3CN(c4ccccc4)C4(CCNCC4)C3=O)cc12. The molecule has 59 heavy (non-hydrogen) atoms. The number of aliphatic hydroxyl groups excluding tert-OH is 1. The van der Waals surface area contributed by atoms with Gasteiger partial charge < -0.3 is 29.1 Å². The Morgan fingerprint density at radius 1 is 0.915 bits per heavy atom. The number of para-hydroxylation sites is 1. The van der Waals surface area contributed by atoms with Crippen LogP contribution in [0.25, 0.3) is 0 Å². The highest BCUT2D eigenvalue weighted by atomic mass is 28.4. The fraction of sp³-hybridized carbons (Fsp3) is 0.391. The van der Waals surface area contributed by atoms with Crippen molar-refractivity contribution < 1.29 is 23.5 Å². The summed E-state index contributed by atoms with van der Waals surface area (Å²) in [6.45, 7) is 7.82. The van der Waals surface area contributed by atoms with E-state index >= 15 is 8.90 Å². The zero-order valence-electron chi connectivity index (χ0n) is 33.9. The Kier molecular flexibility index (Phi) is 10.3. The molecule has 4 aromatic carbocycles. The number of aryl methyl sites for hydroxylation is 1. The van der Waals surface area contributed by atoms with E-state index in [0.29, 0.717) is 61.7 Å². The number of anilines is 3. The number of carbonyl (C=O) groups is 2. The minimum Gasteiger partial charge on any atom is -0.395 e. The van der Waals surface area contributed by atoms with Crippen LogP contribution in [0.5, 0.6) is 0 Å². The van der Waals surface area contributed by atoms with Gasteiger partial charge in [-0.25, -0.2) is 0 Å². The van der Waals surface area contributed by atoms with Crippen LogP contribution in [0.2, 0.25) is 18.6 Å². The second-order valence-electron chi connectivity index (χ2n) is 17.1. The predicted octanol–water partition coefficient (Wildman–Crippen LogP) is 6.75. The number of benzene rings is 4. The van der Waals surface area contributed by atoms with Crippen LogP contribution in [-0.4, -0.2) is 78.3 Å². The Labute approximate surface area is 346 Å². The normalized spacial score (nSPS) is 24.4. The van der Waals surface area contributed by atoms with Crippen molar-refractivity contribution in [1.82, 2.24) is 20.3 Å². The quantitative estimate of drug-likeness (QED) is 0.111. The predicted molar refractivity (Wildman–Crippen MR) is 228 cm³/mol. The van der Waals surface area contributed by atoms with Crippen LogP contribution in [0.4, 0.5) is 21.2 Å². The van der Waals surface area contributed by atoms with E-state index in [9.17, 15) is 9.90 Å². The Hall–Kier alpha value is -5.21. The molecule has 3 saturated heterocycles. The molecule has 4 aliphatic heterocycles. The second-order valence-corrected chi connectivity index (χ2v) is 20.9. The maximum absolute atomic E-state index is 16.8. The summed E-state index contributed by atoms with van der Waals surface area (Å²) in [4.78, 5) is 35.9. The van der Waals surface area contributed by atoms with E-state index in [0.717, 1.165) is 29.9 Å². The van der Waals surface area contributed by atoms with Gasteiger partial charge in [0.15, 0.2) is 5.60 Å². The van der Waals surface area contributed by atoms with Gasteiger partial charge in [0.1, 0.15) is 5.54 Å². The topological polar surface area (TPSA) is 116 Å². The molecule has 5 atom stereocenters. The lowest BCUT2D eigenvalue weighted by Crippen LogP contribution is -2.55. The summed E-state index contributed by atoms with van der Waals surface area (Å²) in [7, 11) is -3.47. The maximum atomic E-state index is 16.8. The van der Waals surface area contributed by atoms with Gasteiger partial charge in [0, 0.05) is 41.1 Å². The van der Waals surface area contributed by atoms with Crippen LogP contribution in [-0.2, 0) is 33.0 Å². The van der Waals surface area contributed by atoms with Crippen LogP contribution in [0.15, 0.2) is 115 Å². The Bertz CT molecular complexity index is 2300. The van der Waals surface area contributed by atoms with Crippen LogP contribution >= 0.6 is 0 Å². The smallest absolute Gasteiger partial charge is 0.264 e. The molecule has 2 amide bonds. The molecule has 2 N–H and O–H groups in total. The highest BCUT2D eigenvalue weighted by molar-refractivity contribution is 6.72. The van der Waals surface area contributed by atoms with E-state index in [1.54, 1.807) is 22.7 Å². The van der Waals surface area contributed by atoms with E-state index in [4.69, 9.17) is 4.74 Å². The summed E-state index contributed by atoms with van der Waals surface area (Å²) in [5.41, 5.74) is 2.94. The molecule has 0 aliphatic carbocycles. The number of nitrogens with one attached hydrogen (secondary N) is 1. The molecule has 5 heterocycles. The molecule has 9 rings (SSSR count). The number of hydrogen-bond donors (Lipinski definition) is 2. The third kappa shape index (κ3) is 6.68. The fourth-order valence-corrected chi connectivity index (χ4v) is 13.0. The number of ether oxygens (including phenoxy) is 1. The molecular formula is C46H52FN7O4Si. The minimum atomic E-state index is -3.47. The number of amides is 2. The Morgan fingerprint density at radius 2 is 1.59 bits per heavy atom. The van der Waals surface area contributed by atoms with Crippen molar-refractivity contribution in [2.24, 2.45) is 5.92 Å². The molecule has 13 heteroatoms. The molecule has 0 saturated carbocycles. The van der Waals surface area contributed by atoms with Crippen LogP contribution in [0.3, 0.4) is 0 Å². The lowest BCUT2D eigenvalue weighted by molar-refractivity contribution is -0.146. The lowest BCUT2D eigenvalue weighted by atomic mass is 9.82. The summed E-state index contributed by atoms with van der Waals surface area (Å²) in [6, 6.07) is 35.6. The second kappa shape index (κ2) is 15.4. The van der Waals surface area contributed by atoms with Crippen LogP contribution in [0, 0.1) is 5.92 Å². The molecule has 5 aromatic rings. The number of fused-ring (bicyclic) bond motifs is 2. The van der Waals surface area contributed by atoms with Gasteiger partial charge in [-0.2, -0.15) is 0 Å². The van der Waals surface area contributed by atoms with Crippen molar-refractivity contribution in [3.8, 4) is 0 Å². The fourth-order valence-electron chi connectivity index (χ4n) is 10.5. The molecule has 0 radical (unpaired) electrons. The third-order valence-corrected chi connectivity index (χ3v) is 15.8. The monoisotopic (exact) mass is 813 g/mol. The first-order valence-electron chi connectivity index (χ1n) is 20.8. The highest BCUT2D eigenvalue weighted by Gasteiger charge is 2.67. The zero-order valence-corrected chi connectivity index (χ0v) is 34.9. The van der Waals surface area contributed by atoms with E-state index in [1.807, 2.05) is 115 Å². The Morgan fingerprint density at radius 3 is 2.27 bits per heavy atom. The van der Waals surface area contributed by atoms with Crippen molar-refractivity contribution in [1.29, 1.82) is 0 Å². The standard InChI is InChI=1S/C46H52FN7O4Si/c1-32-42(59(2,3)47)41(21-26-51-29-39(49-50-51)37(30-55)34-15-9-5-10-16-34)58-46(32)38-27-36(19-20-40(38)52(44(46)57)28-33-13-7-4-8-14-33)53-31-54(35-17-11-6-12-18-35)45(43(53)56)22-24-48-25-23-45/h4-20,27,29,32,37,41-42,48,55H,21-26,28,30-31H2,1-3H3/t32-,37?,41+,42-,46+/m0/s1. The first kappa shape index (κ1) is 39.3. The number of hydrogen-bond acceptors (Lipinski definition) is 8. The molecule has 1 unspecified atom stereocenters. The summed E-state index contributed by atoms with van der Waals surface area (Å²) >= 11 is 0. The number of halogens is 1. The van der Waals surface area contributed by atoms with Gasteiger partial charge in [-0.05, 0) is 86.9 Å². The average molecular weight is 814 g/mol. The molecule has 306 valence electrons. The molecule has 0 bridgehead atoms. The number of aromatic nitrogens is 3. The molecule has 3 fully saturated rings. The third-order valence-electron chi connectivity index (χ3n) is 13.3. The van der Waals surface area contributed by atoms with Gasteiger partial charge in [-0.15, -0.1) is 5.10 Å². The number of nitrogens with zero attached hydrogens (tertiary/aromatic N) is 6. The lowest BCUT2D eigenvalue weighted by Gasteiger charge is -2.39. The van der Waals surface area contributed by atoms with Gasteiger partial charge in [-0.1, -0.05) is 91.0 Å². The summed E-state index contributed by atoms with van der Waals surface area (Å²) in [5, 5.41) is 22.5. The van der Waals surface area contributed by atoms with Crippen molar-refractivity contribution in [2.45, 2.75) is 81.1 Å². The molecule has 1 aromatic heterocycles. The molecule has 11 nitrogen and oxygen atoms in total. The van der Waals surface area contributed by atoms with Gasteiger partial charge in [0.05, 0.1) is 43.2 Å². The van der Waals surface area contributed by atoms with Crippen molar-refractivity contribution in [3.63, 3.8) is 0 Å². The number of rotatable bonds is 11. The summed E-state index contributed by atoms with van der Waals surface area (Å²) < 4.78 is 25.7. The van der Waals surface area contributed by atoms with E-state index in [1.165, 1.54) is 0 Å². The summed E-state index contributed by atoms with van der Waals surface area (Å²) in [6.07, 6.45) is 3.00. The van der Waals surface area contributed by atoms with E-state index < -0.39 is 37.1 Å². The molecule has 2 spiro atoms. The summed E-state index contributed by atoms with van der Waals surface area (Å²) in [5.74, 6) is -1.00. The molecule has 4 aliphatic rings. The number of aliphatic hydroxyl groups is 1. The largest absolute Gasteiger partial charge is 0.395 e. The maximum Gasteiger partial charge on any atom is 0.264 e. The van der Waals surface area contributed by atoms with Crippen molar-refractivity contribution in [2.75, 3.05) is 41.1 Å². The van der Waals surface area contributed by atoms with Crippen LogP contribution < -0.4 is 20.0 Å². The van der Waals surface area contributed by atoms with Gasteiger partial charge in [0.2, 0.25) is 8.41 Å². The van der Waals surface area contributed by atoms with Gasteiger partial charge in [-0.3, -0.25) is 19.2 Å². The molecular weight excluding hydrogens is 762 g/mol. The van der Waals surface area contributed by atoms with E-state index in [-0.39, 0.29) is 24.3 Å². The zero-order chi connectivity index (χ0) is 40.9. The average Bonchev–Trinajstić information content (AvgIpc) is 3.97. The minimum absolute atomic E-state index is 0.0404. The number of piperidine rings is 1. The van der Waals surface area contributed by atoms with E-state index in [2.05, 4.69) is 32.7 Å². The highest BCUT2D eigenvalue weighted by Crippen LogP contribution is 2.61. The van der Waals surface area contributed by atoms with Gasteiger partial charge in [0.25, 0.3) is 11.8 Å². The number of carbonyl (C=O) groups excluding carboxylic acids is 2. The first-order valence-corrected chi connectivity index (χ1v) is 23.8. The first-order chi connectivity index (χ1) is 28.5.